The summed E-state index contributed by atoms with van der Waals surface area (Å²) in [5, 5.41) is 20.1. The van der Waals surface area contributed by atoms with Gasteiger partial charge in [-0.05, 0) is 49.6 Å². The second kappa shape index (κ2) is 8.52. The van der Waals surface area contributed by atoms with Gasteiger partial charge in [-0.25, -0.2) is 0 Å². The van der Waals surface area contributed by atoms with E-state index in [0.717, 1.165) is 51.4 Å². The molecule has 2 fully saturated rings. The lowest BCUT2D eigenvalue weighted by Gasteiger charge is -2.34. The van der Waals surface area contributed by atoms with Gasteiger partial charge in [0.1, 0.15) is 6.33 Å². The maximum atomic E-state index is 13.4. The number of aromatic nitrogens is 3. The molecule has 9 heteroatoms. The molecule has 0 unspecified atom stereocenters. The van der Waals surface area contributed by atoms with Crippen LogP contribution in [0.3, 0.4) is 0 Å². The smallest absolute Gasteiger partial charge is 0.284 e. The number of rotatable bonds is 6. The van der Waals surface area contributed by atoms with Gasteiger partial charge in [0.2, 0.25) is 0 Å². The molecule has 1 amide bonds. The van der Waals surface area contributed by atoms with Gasteiger partial charge in [-0.15, -0.1) is 10.2 Å². The fourth-order valence-corrected chi connectivity index (χ4v) is 5.34. The molecule has 0 radical (unpaired) electrons. The van der Waals surface area contributed by atoms with E-state index in [1.807, 2.05) is 0 Å². The molecule has 29 heavy (non-hydrogen) atoms. The van der Waals surface area contributed by atoms with Crippen molar-refractivity contribution in [3.8, 4) is 0 Å². The van der Waals surface area contributed by atoms with Gasteiger partial charge in [-0.2, -0.15) is 0 Å². The van der Waals surface area contributed by atoms with Gasteiger partial charge < -0.3 is 9.47 Å². The highest BCUT2D eigenvalue weighted by Gasteiger charge is 2.35. The second-order valence-electron chi connectivity index (χ2n) is 7.86. The molecule has 0 atom stereocenters. The summed E-state index contributed by atoms with van der Waals surface area (Å²) in [6.45, 7) is 0. The van der Waals surface area contributed by atoms with Crippen molar-refractivity contribution < 1.29 is 9.72 Å². The Hall–Kier alpha value is -2.42. The molecule has 2 aliphatic rings. The Morgan fingerprint density at radius 3 is 2.31 bits per heavy atom. The monoisotopic (exact) mass is 415 g/mol. The molecule has 0 aliphatic heterocycles. The third kappa shape index (κ3) is 4.14. The van der Waals surface area contributed by atoms with E-state index in [-0.39, 0.29) is 23.7 Å². The molecule has 0 N–H and O–H groups in total. The lowest BCUT2D eigenvalue weighted by Crippen LogP contribution is -2.45. The Kier molecular flexibility index (Phi) is 5.84. The number of aryl methyl sites for hydroxylation is 1. The highest BCUT2D eigenvalue weighted by Crippen LogP contribution is 2.36. The summed E-state index contributed by atoms with van der Waals surface area (Å²) in [7, 11) is 1.78. The largest absolute Gasteiger partial charge is 0.333 e. The molecule has 0 spiro atoms. The minimum absolute atomic E-state index is 0.0675. The van der Waals surface area contributed by atoms with Crippen LogP contribution in [0.2, 0.25) is 0 Å². The van der Waals surface area contributed by atoms with Gasteiger partial charge in [0.25, 0.3) is 11.6 Å². The maximum Gasteiger partial charge on any atom is 0.284 e. The van der Waals surface area contributed by atoms with Crippen molar-refractivity contribution in [3.05, 3.63) is 40.2 Å². The van der Waals surface area contributed by atoms with E-state index in [0.29, 0.717) is 15.6 Å². The van der Waals surface area contributed by atoms with E-state index in [1.54, 1.807) is 30.1 Å². The zero-order chi connectivity index (χ0) is 20.4. The summed E-state index contributed by atoms with van der Waals surface area (Å²) >= 11 is 1.18. The van der Waals surface area contributed by atoms with Gasteiger partial charge in [-0.1, -0.05) is 25.7 Å². The van der Waals surface area contributed by atoms with Crippen molar-refractivity contribution in [1.29, 1.82) is 0 Å². The number of nitrogens with zero attached hydrogens (tertiary/aromatic N) is 5. The summed E-state index contributed by atoms with van der Waals surface area (Å²) in [6, 6.07) is 5.32. The third-order valence-corrected chi connectivity index (χ3v) is 7.06. The Labute approximate surface area is 173 Å². The van der Waals surface area contributed by atoms with Crippen molar-refractivity contribution in [1.82, 2.24) is 19.7 Å². The second-order valence-corrected chi connectivity index (χ2v) is 8.86. The van der Waals surface area contributed by atoms with Crippen LogP contribution in [-0.4, -0.2) is 42.6 Å². The number of nitro benzene ring substituents is 1. The van der Waals surface area contributed by atoms with Gasteiger partial charge in [0.05, 0.1) is 9.82 Å². The van der Waals surface area contributed by atoms with Gasteiger partial charge in [0.15, 0.2) is 5.16 Å². The lowest BCUT2D eigenvalue weighted by atomic mass is 10.1. The Morgan fingerprint density at radius 2 is 1.79 bits per heavy atom. The number of benzene rings is 1. The predicted octanol–water partition coefficient (Wildman–Crippen LogP) is 4.20. The predicted molar refractivity (Wildman–Crippen MR) is 109 cm³/mol. The molecule has 2 saturated carbocycles. The van der Waals surface area contributed by atoms with E-state index in [2.05, 4.69) is 15.1 Å². The number of carbonyl (C=O) groups is 1. The summed E-state index contributed by atoms with van der Waals surface area (Å²) in [4.78, 5) is 27.2. The summed E-state index contributed by atoms with van der Waals surface area (Å²) < 4.78 is 1.70. The molecule has 1 aromatic heterocycles. The van der Waals surface area contributed by atoms with Crippen LogP contribution in [-0.2, 0) is 7.05 Å². The van der Waals surface area contributed by atoms with Crippen LogP contribution in [0.4, 0.5) is 5.69 Å². The van der Waals surface area contributed by atoms with E-state index in [9.17, 15) is 14.9 Å². The molecule has 2 aromatic rings. The van der Waals surface area contributed by atoms with Crippen molar-refractivity contribution in [3.63, 3.8) is 0 Å². The minimum atomic E-state index is -0.426. The van der Waals surface area contributed by atoms with E-state index in [1.165, 1.54) is 17.8 Å². The standard InChI is InChI=1S/C20H25N5O3S/c1-23-13-21-22-20(23)29-18-11-10-14(12-17(18)25(27)28)19(26)24(15-6-2-3-7-15)16-8-4-5-9-16/h10-13,15-16H,2-9H2,1H3. The zero-order valence-electron chi connectivity index (χ0n) is 16.5. The Balaban J connectivity index is 1.64. The number of hydrogen-bond acceptors (Lipinski definition) is 6. The summed E-state index contributed by atoms with van der Waals surface area (Å²) in [6.07, 6.45) is 10.3. The fraction of sp³-hybridized carbons (Fsp3) is 0.550. The molecular formula is C20H25N5O3S. The quantitative estimate of drug-likeness (QED) is 0.518. The van der Waals surface area contributed by atoms with Crippen molar-refractivity contribution >= 4 is 23.4 Å². The first-order valence-electron chi connectivity index (χ1n) is 10.2. The summed E-state index contributed by atoms with van der Waals surface area (Å²) in [5.74, 6) is -0.0675. The van der Waals surface area contributed by atoms with Crippen molar-refractivity contribution in [2.45, 2.75) is 73.5 Å². The molecule has 0 saturated heterocycles. The van der Waals surface area contributed by atoms with Crippen LogP contribution in [0.15, 0.2) is 34.6 Å². The van der Waals surface area contributed by atoms with Gasteiger partial charge >= 0.3 is 0 Å². The van der Waals surface area contributed by atoms with Gasteiger partial charge in [0, 0.05) is 30.8 Å². The molecule has 1 heterocycles. The van der Waals surface area contributed by atoms with Crippen molar-refractivity contribution in [2.24, 2.45) is 7.05 Å². The third-order valence-electron chi connectivity index (χ3n) is 5.94. The van der Waals surface area contributed by atoms with E-state index in [4.69, 9.17) is 0 Å². The molecule has 154 valence electrons. The first-order chi connectivity index (χ1) is 14.0. The summed E-state index contributed by atoms with van der Waals surface area (Å²) in [5.41, 5.74) is 0.333. The van der Waals surface area contributed by atoms with Crippen LogP contribution in [0.5, 0.6) is 0 Å². The minimum Gasteiger partial charge on any atom is -0.333 e. The highest BCUT2D eigenvalue weighted by atomic mass is 32.2. The molecule has 0 bridgehead atoms. The molecule has 1 aromatic carbocycles. The number of nitro groups is 1. The number of carbonyl (C=O) groups excluding carboxylic acids is 1. The topological polar surface area (TPSA) is 94.2 Å². The normalized spacial score (nSPS) is 17.7. The first-order valence-corrected chi connectivity index (χ1v) is 11.0. The lowest BCUT2D eigenvalue weighted by molar-refractivity contribution is -0.387. The molecule has 2 aliphatic carbocycles. The average molecular weight is 416 g/mol. The number of hydrogen-bond donors (Lipinski definition) is 0. The maximum absolute atomic E-state index is 13.4. The molecular weight excluding hydrogens is 390 g/mol. The number of amides is 1. The molecule has 4 rings (SSSR count). The van der Waals surface area contributed by atoms with Crippen LogP contribution in [0.25, 0.3) is 0 Å². The Bertz CT molecular complexity index is 887. The van der Waals surface area contributed by atoms with Gasteiger partial charge in [-0.3, -0.25) is 14.9 Å². The molecule has 8 nitrogen and oxygen atoms in total. The van der Waals surface area contributed by atoms with Crippen molar-refractivity contribution in [2.75, 3.05) is 0 Å². The Morgan fingerprint density at radius 1 is 1.17 bits per heavy atom. The first kappa shape index (κ1) is 19.9. The van der Waals surface area contributed by atoms with Crippen LogP contribution in [0, 0.1) is 10.1 Å². The van der Waals surface area contributed by atoms with Crippen LogP contribution < -0.4 is 0 Å². The average Bonchev–Trinajstić information content (AvgIpc) is 3.47. The van der Waals surface area contributed by atoms with Crippen LogP contribution >= 0.6 is 11.8 Å². The van der Waals surface area contributed by atoms with E-state index < -0.39 is 4.92 Å². The highest BCUT2D eigenvalue weighted by molar-refractivity contribution is 7.99. The van der Waals surface area contributed by atoms with E-state index >= 15 is 0 Å². The zero-order valence-corrected chi connectivity index (χ0v) is 17.3. The fourth-order valence-electron chi connectivity index (χ4n) is 4.49. The van der Waals surface area contributed by atoms with Crippen LogP contribution in [0.1, 0.15) is 61.7 Å². The SMILES string of the molecule is Cn1cnnc1Sc1ccc(C(=O)N(C2CCCC2)C2CCCC2)cc1[N+](=O)[O-].